The SMILES string of the molecule is CCOC(=O)c1c(CN)cnc(F)c1C(F)F. The third kappa shape index (κ3) is 2.73. The highest BCUT2D eigenvalue weighted by atomic mass is 19.3. The van der Waals surface area contributed by atoms with Crippen molar-refractivity contribution in [3.05, 3.63) is 28.8 Å². The minimum atomic E-state index is -3.16. The maximum atomic E-state index is 13.2. The Morgan fingerprint density at radius 3 is 2.71 bits per heavy atom. The molecule has 0 fully saturated rings. The molecule has 2 N–H and O–H groups in total. The van der Waals surface area contributed by atoms with Gasteiger partial charge in [0.05, 0.1) is 17.7 Å². The van der Waals surface area contributed by atoms with Crippen LogP contribution in [-0.4, -0.2) is 17.6 Å². The van der Waals surface area contributed by atoms with Gasteiger partial charge in [0.15, 0.2) is 0 Å². The van der Waals surface area contributed by atoms with Crippen LogP contribution in [0.1, 0.15) is 34.8 Å². The lowest BCUT2D eigenvalue weighted by molar-refractivity contribution is 0.0511. The van der Waals surface area contributed by atoms with E-state index in [1.165, 1.54) is 6.92 Å². The maximum Gasteiger partial charge on any atom is 0.339 e. The average molecular weight is 248 g/mol. The molecule has 1 heterocycles. The molecule has 17 heavy (non-hydrogen) atoms. The first-order chi connectivity index (χ1) is 8.02. The molecule has 0 aliphatic rings. The van der Waals surface area contributed by atoms with Gasteiger partial charge in [0.2, 0.25) is 5.95 Å². The molecule has 0 saturated carbocycles. The van der Waals surface area contributed by atoms with E-state index >= 15 is 0 Å². The van der Waals surface area contributed by atoms with E-state index in [1.54, 1.807) is 0 Å². The largest absolute Gasteiger partial charge is 0.462 e. The van der Waals surface area contributed by atoms with E-state index in [4.69, 9.17) is 5.73 Å². The number of carbonyl (C=O) groups is 1. The third-order valence-electron chi connectivity index (χ3n) is 2.06. The van der Waals surface area contributed by atoms with Crippen molar-refractivity contribution in [1.82, 2.24) is 4.98 Å². The Hall–Kier alpha value is -1.63. The number of carbonyl (C=O) groups excluding carboxylic acids is 1. The summed E-state index contributed by atoms with van der Waals surface area (Å²) in [7, 11) is 0. The minimum absolute atomic E-state index is 0.00450. The number of hydrogen-bond acceptors (Lipinski definition) is 4. The van der Waals surface area contributed by atoms with E-state index < -0.39 is 29.5 Å². The van der Waals surface area contributed by atoms with Crippen molar-refractivity contribution in [2.75, 3.05) is 6.61 Å². The summed E-state index contributed by atoms with van der Waals surface area (Å²) in [4.78, 5) is 14.6. The summed E-state index contributed by atoms with van der Waals surface area (Å²) >= 11 is 0. The zero-order valence-electron chi connectivity index (χ0n) is 9.04. The maximum absolute atomic E-state index is 13.2. The molecule has 0 amide bonds. The summed E-state index contributed by atoms with van der Waals surface area (Å²) in [5.41, 5.74) is 3.72. The van der Waals surface area contributed by atoms with Crippen molar-refractivity contribution in [1.29, 1.82) is 0 Å². The Labute approximate surface area is 95.6 Å². The van der Waals surface area contributed by atoms with Crippen LogP contribution < -0.4 is 5.73 Å². The number of hydrogen-bond donors (Lipinski definition) is 1. The zero-order valence-corrected chi connectivity index (χ0v) is 9.04. The van der Waals surface area contributed by atoms with E-state index in [1.807, 2.05) is 0 Å². The van der Waals surface area contributed by atoms with Crippen molar-refractivity contribution in [2.45, 2.75) is 19.9 Å². The second kappa shape index (κ2) is 5.62. The first kappa shape index (κ1) is 13.4. The van der Waals surface area contributed by atoms with E-state index in [2.05, 4.69) is 9.72 Å². The summed E-state index contributed by atoms with van der Waals surface area (Å²) in [6, 6.07) is 0. The van der Waals surface area contributed by atoms with Crippen LogP contribution >= 0.6 is 0 Å². The Kier molecular flexibility index (Phi) is 4.45. The van der Waals surface area contributed by atoms with E-state index in [0.29, 0.717) is 0 Å². The predicted octanol–water partition coefficient (Wildman–Crippen LogP) is 1.79. The van der Waals surface area contributed by atoms with Gasteiger partial charge < -0.3 is 10.5 Å². The molecular weight excluding hydrogens is 237 g/mol. The number of nitrogens with two attached hydrogens (primary N) is 1. The molecule has 1 aromatic rings. The predicted molar refractivity (Wildman–Crippen MR) is 53.0 cm³/mol. The van der Waals surface area contributed by atoms with E-state index in [0.717, 1.165) is 6.20 Å². The highest BCUT2D eigenvalue weighted by Gasteiger charge is 2.27. The van der Waals surface area contributed by atoms with Gasteiger partial charge in [0.1, 0.15) is 0 Å². The number of aromatic nitrogens is 1. The van der Waals surface area contributed by atoms with Crippen molar-refractivity contribution in [2.24, 2.45) is 5.73 Å². The fourth-order valence-electron chi connectivity index (χ4n) is 1.34. The van der Waals surface area contributed by atoms with Gasteiger partial charge in [0, 0.05) is 12.7 Å². The molecular formula is C10H11F3N2O2. The second-order valence-electron chi connectivity index (χ2n) is 3.09. The van der Waals surface area contributed by atoms with Gasteiger partial charge in [-0.2, -0.15) is 4.39 Å². The summed E-state index contributed by atoms with van der Waals surface area (Å²) < 4.78 is 43.1. The molecule has 1 rings (SSSR count). The third-order valence-corrected chi connectivity index (χ3v) is 2.06. The van der Waals surface area contributed by atoms with Crippen LogP contribution in [0, 0.1) is 5.95 Å². The molecule has 0 spiro atoms. The van der Waals surface area contributed by atoms with E-state index in [9.17, 15) is 18.0 Å². The van der Waals surface area contributed by atoms with Crippen molar-refractivity contribution < 1.29 is 22.7 Å². The lowest BCUT2D eigenvalue weighted by Gasteiger charge is -2.12. The monoisotopic (exact) mass is 248 g/mol. The molecule has 1 aromatic heterocycles. The van der Waals surface area contributed by atoms with E-state index in [-0.39, 0.29) is 18.7 Å². The lowest BCUT2D eigenvalue weighted by Crippen LogP contribution is -2.16. The van der Waals surface area contributed by atoms with Crippen LogP contribution in [-0.2, 0) is 11.3 Å². The Bertz CT molecular complexity index is 424. The van der Waals surface area contributed by atoms with Crippen LogP contribution in [0.25, 0.3) is 0 Å². The van der Waals surface area contributed by atoms with Gasteiger partial charge in [-0.25, -0.2) is 18.6 Å². The first-order valence-corrected chi connectivity index (χ1v) is 4.85. The molecule has 0 unspecified atom stereocenters. The number of pyridine rings is 1. The molecule has 0 bridgehead atoms. The molecule has 0 aromatic carbocycles. The Morgan fingerprint density at radius 1 is 1.59 bits per heavy atom. The molecule has 7 heteroatoms. The summed E-state index contributed by atoms with van der Waals surface area (Å²) in [6.45, 7) is 1.30. The van der Waals surface area contributed by atoms with Crippen LogP contribution in [0.3, 0.4) is 0 Å². The molecule has 94 valence electrons. The number of ether oxygens (including phenoxy) is 1. The fourth-order valence-corrected chi connectivity index (χ4v) is 1.34. The molecule has 0 aliphatic heterocycles. The molecule has 0 saturated heterocycles. The smallest absolute Gasteiger partial charge is 0.339 e. The van der Waals surface area contributed by atoms with Crippen LogP contribution in [0.5, 0.6) is 0 Å². The topological polar surface area (TPSA) is 65.2 Å². The zero-order chi connectivity index (χ0) is 13.0. The first-order valence-electron chi connectivity index (χ1n) is 4.85. The van der Waals surface area contributed by atoms with Crippen LogP contribution in [0.4, 0.5) is 13.2 Å². The Morgan fingerprint density at radius 2 is 2.24 bits per heavy atom. The summed E-state index contributed by atoms with van der Waals surface area (Å²) in [5.74, 6) is -2.41. The molecule has 0 aliphatic carbocycles. The van der Waals surface area contributed by atoms with Gasteiger partial charge in [-0.05, 0) is 12.5 Å². The number of alkyl halides is 2. The second-order valence-corrected chi connectivity index (χ2v) is 3.09. The van der Waals surface area contributed by atoms with Gasteiger partial charge in [-0.3, -0.25) is 0 Å². The van der Waals surface area contributed by atoms with Gasteiger partial charge in [-0.15, -0.1) is 0 Å². The Balaban J connectivity index is 3.40. The number of halogens is 3. The van der Waals surface area contributed by atoms with Gasteiger partial charge >= 0.3 is 5.97 Å². The minimum Gasteiger partial charge on any atom is -0.462 e. The van der Waals surface area contributed by atoms with Crippen molar-refractivity contribution in [3.8, 4) is 0 Å². The normalized spacial score (nSPS) is 10.7. The summed E-state index contributed by atoms with van der Waals surface area (Å²) in [6.07, 6.45) is -2.21. The van der Waals surface area contributed by atoms with Crippen molar-refractivity contribution >= 4 is 5.97 Å². The van der Waals surface area contributed by atoms with Crippen molar-refractivity contribution in [3.63, 3.8) is 0 Å². The molecule has 0 radical (unpaired) electrons. The number of nitrogens with zero attached hydrogens (tertiary/aromatic N) is 1. The molecule has 0 atom stereocenters. The highest BCUT2D eigenvalue weighted by Crippen LogP contribution is 2.27. The van der Waals surface area contributed by atoms with Gasteiger partial charge in [0.25, 0.3) is 6.43 Å². The quantitative estimate of drug-likeness (QED) is 0.651. The summed E-state index contributed by atoms with van der Waals surface area (Å²) in [5, 5.41) is 0. The van der Waals surface area contributed by atoms with Crippen LogP contribution in [0.15, 0.2) is 6.20 Å². The standard InChI is InChI=1S/C10H11F3N2O2/c1-2-17-10(16)6-5(3-14)4-15-9(13)7(6)8(11)12/h4,8H,2-3,14H2,1H3. The average Bonchev–Trinajstić information content (AvgIpc) is 2.28. The number of esters is 1. The highest BCUT2D eigenvalue weighted by molar-refractivity contribution is 5.92. The lowest BCUT2D eigenvalue weighted by atomic mass is 10.0. The fraction of sp³-hybridized carbons (Fsp3) is 0.400. The van der Waals surface area contributed by atoms with Crippen LogP contribution in [0.2, 0.25) is 0 Å². The number of rotatable bonds is 4. The van der Waals surface area contributed by atoms with Gasteiger partial charge in [-0.1, -0.05) is 0 Å². The molecule has 4 nitrogen and oxygen atoms in total.